The molecule has 0 aromatic carbocycles. The molecule has 1 aliphatic heterocycles. The van der Waals surface area contributed by atoms with E-state index in [0.717, 1.165) is 42.5 Å². The zero-order valence-electron chi connectivity index (χ0n) is 14.6. The summed E-state index contributed by atoms with van der Waals surface area (Å²) in [6.07, 6.45) is 8.44. The van der Waals surface area contributed by atoms with Gasteiger partial charge in [-0.05, 0) is 45.1 Å². The maximum absolute atomic E-state index is 12.5. The quantitative estimate of drug-likeness (QED) is 0.782. The first-order chi connectivity index (χ1) is 12.7. The molecule has 132 valence electrons. The van der Waals surface area contributed by atoms with Gasteiger partial charge in [0.2, 0.25) is 5.91 Å². The highest BCUT2D eigenvalue weighted by molar-refractivity contribution is 5.93. The summed E-state index contributed by atoms with van der Waals surface area (Å²) in [4.78, 5) is 32.1. The third-order valence-corrected chi connectivity index (χ3v) is 4.74. The molecule has 1 amide bonds. The molecule has 0 aliphatic carbocycles. The van der Waals surface area contributed by atoms with E-state index in [0.29, 0.717) is 11.5 Å². The summed E-state index contributed by atoms with van der Waals surface area (Å²) in [6, 6.07) is 5.65. The van der Waals surface area contributed by atoms with Crippen LogP contribution in [0, 0.1) is 5.92 Å². The molecule has 1 fully saturated rings. The number of fused-ring (bicyclic) bond motifs is 1. The lowest BCUT2D eigenvalue weighted by Crippen LogP contribution is -2.36. The molecule has 4 heterocycles. The minimum atomic E-state index is 0.0371. The van der Waals surface area contributed by atoms with E-state index in [1.54, 1.807) is 24.8 Å². The third kappa shape index (κ3) is 3.52. The molecule has 26 heavy (non-hydrogen) atoms. The fraction of sp³-hybridized carbons (Fsp3) is 0.316. The summed E-state index contributed by atoms with van der Waals surface area (Å²) < 4.78 is 0. The fourth-order valence-electron chi connectivity index (χ4n) is 3.16. The average Bonchev–Trinajstić information content (AvgIpc) is 2.68. The summed E-state index contributed by atoms with van der Waals surface area (Å²) in [7, 11) is 2.08. The molecule has 3 aromatic rings. The lowest BCUT2D eigenvalue weighted by Gasteiger charge is -2.27. The number of nitrogens with zero attached hydrogens (tertiary/aromatic N) is 5. The van der Waals surface area contributed by atoms with Crippen molar-refractivity contribution in [2.75, 3.05) is 25.5 Å². The van der Waals surface area contributed by atoms with Crippen molar-refractivity contribution in [3.05, 3.63) is 43.0 Å². The predicted molar refractivity (Wildman–Crippen MR) is 99.4 cm³/mol. The second-order valence-electron chi connectivity index (χ2n) is 6.62. The Morgan fingerprint density at radius 1 is 1.12 bits per heavy atom. The lowest BCUT2D eigenvalue weighted by atomic mass is 9.96. The Kier molecular flexibility index (Phi) is 4.53. The molecule has 0 spiro atoms. The molecule has 1 aliphatic rings. The van der Waals surface area contributed by atoms with Gasteiger partial charge in [-0.1, -0.05) is 0 Å². The van der Waals surface area contributed by atoms with E-state index in [9.17, 15) is 4.79 Å². The number of amides is 1. The second-order valence-corrected chi connectivity index (χ2v) is 6.62. The normalized spacial score (nSPS) is 15.9. The van der Waals surface area contributed by atoms with Gasteiger partial charge in [-0.3, -0.25) is 14.8 Å². The van der Waals surface area contributed by atoms with Crippen LogP contribution in [0.5, 0.6) is 0 Å². The van der Waals surface area contributed by atoms with E-state index in [1.165, 1.54) is 0 Å². The van der Waals surface area contributed by atoms with Crippen LogP contribution in [0.25, 0.3) is 22.3 Å². The van der Waals surface area contributed by atoms with Gasteiger partial charge in [-0.15, -0.1) is 0 Å². The van der Waals surface area contributed by atoms with Gasteiger partial charge in [0.05, 0.1) is 17.4 Å². The van der Waals surface area contributed by atoms with Gasteiger partial charge in [0.25, 0.3) is 0 Å². The van der Waals surface area contributed by atoms with Gasteiger partial charge in [0.1, 0.15) is 11.5 Å². The number of aromatic nitrogens is 4. The summed E-state index contributed by atoms with van der Waals surface area (Å²) in [6.45, 7) is 1.90. The standard InChI is InChI=1S/C19H20N6O/c1-25-8-4-13(5-9-25)19(26)24-18-10-16-14(11-22-18)2-3-15(23-16)17-12-20-6-7-21-17/h2-3,6-7,10-13H,4-5,8-9H2,1H3,(H,22,24,26). The fourth-order valence-corrected chi connectivity index (χ4v) is 3.16. The zero-order chi connectivity index (χ0) is 17.9. The van der Waals surface area contributed by atoms with Crippen LogP contribution in [0.4, 0.5) is 5.82 Å². The molecular formula is C19H20N6O. The first kappa shape index (κ1) is 16.5. The molecule has 0 unspecified atom stereocenters. The van der Waals surface area contributed by atoms with Crippen molar-refractivity contribution < 1.29 is 4.79 Å². The van der Waals surface area contributed by atoms with Gasteiger partial charge in [0.15, 0.2) is 0 Å². The summed E-state index contributed by atoms with van der Waals surface area (Å²) >= 11 is 0. The number of hydrogen-bond acceptors (Lipinski definition) is 6. The van der Waals surface area contributed by atoms with E-state index < -0.39 is 0 Å². The summed E-state index contributed by atoms with van der Waals surface area (Å²) in [5.74, 6) is 0.614. The Balaban J connectivity index is 1.55. The summed E-state index contributed by atoms with van der Waals surface area (Å²) in [5.41, 5.74) is 2.22. The van der Waals surface area contributed by atoms with Gasteiger partial charge in [-0.25, -0.2) is 9.97 Å². The van der Waals surface area contributed by atoms with Gasteiger partial charge < -0.3 is 10.2 Å². The van der Waals surface area contributed by atoms with Crippen LogP contribution in [-0.4, -0.2) is 50.9 Å². The Hall–Kier alpha value is -2.93. The van der Waals surface area contributed by atoms with Crippen molar-refractivity contribution in [3.8, 4) is 11.4 Å². The molecule has 0 bridgehead atoms. The molecule has 3 aromatic heterocycles. The third-order valence-electron chi connectivity index (χ3n) is 4.74. The number of anilines is 1. The molecule has 7 heteroatoms. The number of likely N-dealkylation sites (tertiary alicyclic amines) is 1. The van der Waals surface area contributed by atoms with Gasteiger partial charge in [-0.2, -0.15) is 0 Å². The molecule has 0 radical (unpaired) electrons. The van der Waals surface area contributed by atoms with E-state index in [-0.39, 0.29) is 11.8 Å². The minimum Gasteiger partial charge on any atom is -0.310 e. The Morgan fingerprint density at radius 3 is 2.73 bits per heavy atom. The molecule has 1 N–H and O–H groups in total. The largest absolute Gasteiger partial charge is 0.310 e. The first-order valence-corrected chi connectivity index (χ1v) is 8.71. The lowest BCUT2D eigenvalue weighted by molar-refractivity contribution is -0.121. The Labute approximate surface area is 151 Å². The monoisotopic (exact) mass is 348 g/mol. The van der Waals surface area contributed by atoms with Crippen molar-refractivity contribution in [1.82, 2.24) is 24.8 Å². The Morgan fingerprint density at radius 2 is 1.96 bits per heavy atom. The van der Waals surface area contributed by atoms with Crippen LogP contribution < -0.4 is 5.32 Å². The highest BCUT2D eigenvalue weighted by Gasteiger charge is 2.23. The second kappa shape index (κ2) is 7.13. The smallest absolute Gasteiger partial charge is 0.228 e. The SMILES string of the molecule is CN1CCC(C(=O)Nc2cc3nc(-c4cnccn4)ccc3cn2)CC1. The van der Waals surface area contributed by atoms with E-state index in [2.05, 4.69) is 37.2 Å². The molecule has 0 atom stereocenters. The van der Waals surface area contributed by atoms with E-state index in [1.807, 2.05) is 18.2 Å². The van der Waals surface area contributed by atoms with Crippen LogP contribution in [0.15, 0.2) is 43.0 Å². The van der Waals surface area contributed by atoms with Gasteiger partial charge in [0, 0.05) is 36.0 Å². The predicted octanol–water partition coefficient (Wildman–Crippen LogP) is 2.37. The maximum Gasteiger partial charge on any atom is 0.228 e. The first-order valence-electron chi connectivity index (χ1n) is 8.71. The molecule has 0 saturated carbocycles. The summed E-state index contributed by atoms with van der Waals surface area (Å²) in [5, 5.41) is 3.85. The topological polar surface area (TPSA) is 83.9 Å². The van der Waals surface area contributed by atoms with Crippen LogP contribution in [0.2, 0.25) is 0 Å². The average molecular weight is 348 g/mol. The number of pyridine rings is 2. The number of carbonyl (C=O) groups excluding carboxylic acids is 1. The highest BCUT2D eigenvalue weighted by Crippen LogP contribution is 2.22. The van der Waals surface area contributed by atoms with Gasteiger partial charge >= 0.3 is 0 Å². The van der Waals surface area contributed by atoms with Crippen molar-refractivity contribution in [2.24, 2.45) is 5.92 Å². The Bertz CT molecular complexity index is 922. The molecule has 1 saturated heterocycles. The van der Waals surface area contributed by atoms with Crippen molar-refractivity contribution in [3.63, 3.8) is 0 Å². The van der Waals surface area contributed by atoms with Crippen LogP contribution in [0.1, 0.15) is 12.8 Å². The number of rotatable bonds is 3. The number of nitrogens with one attached hydrogen (secondary N) is 1. The van der Waals surface area contributed by atoms with Crippen LogP contribution >= 0.6 is 0 Å². The van der Waals surface area contributed by atoms with E-state index >= 15 is 0 Å². The van der Waals surface area contributed by atoms with Crippen LogP contribution in [0.3, 0.4) is 0 Å². The molecule has 4 rings (SSSR count). The van der Waals surface area contributed by atoms with Crippen molar-refractivity contribution in [1.29, 1.82) is 0 Å². The highest BCUT2D eigenvalue weighted by atomic mass is 16.1. The molecule has 7 nitrogen and oxygen atoms in total. The number of carbonyl (C=O) groups is 1. The number of piperidine rings is 1. The number of hydrogen-bond donors (Lipinski definition) is 1. The molecular weight excluding hydrogens is 328 g/mol. The minimum absolute atomic E-state index is 0.0371. The zero-order valence-corrected chi connectivity index (χ0v) is 14.6. The van der Waals surface area contributed by atoms with E-state index in [4.69, 9.17) is 0 Å². The van der Waals surface area contributed by atoms with Crippen LogP contribution in [-0.2, 0) is 4.79 Å². The maximum atomic E-state index is 12.5. The van der Waals surface area contributed by atoms with Crippen molar-refractivity contribution in [2.45, 2.75) is 12.8 Å². The van der Waals surface area contributed by atoms with Crippen molar-refractivity contribution >= 4 is 22.6 Å².